The van der Waals surface area contributed by atoms with Gasteiger partial charge in [-0.05, 0) is 38.5 Å². The van der Waals surface area contributed by atoms with E-state index in [4.69, 9.17) is 5.11 Å². The molecule has 1 aromatic rings. The van der Waals surface area contributed by atoms with Gasteiger partial charge in [0.25, 0.3) is 11.8 Å². The number of para-hydroxylation sites is 1. The number of imide groups is 1. The fourth-order valence-electron chi connectivity index (χ4n) is 2.24. The highest BCUT2D eigenvalue weighted by Gasteiger charge is 2.38. The maximum Gasteiger partial charge on any atom is 0.331 e. The van der Waals surface area contributed by atoms with Crippen LogP contribution < -0.4 is 4.90 Å². The van der Waals surface area contributed by atoms with Crippen molar-refractivity contribution in [1.29, 1.82) is 0 Å². The highest BCUT2D eigenvalue weighted by Crippen LogP contribution is 2.31. The summed E-state index contributed by atoms with van der Waals surface area (Å²) in [7, 11) is 0. The quantitative estimate of drug-likeness (QED) is 0.683. The molecule has 1 aliphatic heterocycles. The molecule has 0 radical (unpaired) electrons. The van der Waals surface area contributed by atoms with Crippen molar-refractivity contribution in [2.24, 2.45) is 0 Å². The van der Waals surface area contributed by atoms with Gasteiger partial charge < -0.3 is 5.11 Å². The molecule has 108 valence electrons. The molecule has 2 rings (SSSR count). The average Bonchev–Trinajstić information content (AvgIpc) is 2.68. The lowest BCUT2D eigenvalue weighted by Crippen LogP contribution is -2.31. The predicted octanol–water partition coefficient (Wildman–Crippen LogP) is 2.30. The Bertz CT molecular complexity index is 698. The lowest BCUT2D eigenvalue weighted by atomic mass is 9.99. The van der Waals surface area contributed by atoms with Crippen LogP contribution in [0.3, 0.4) is 0 Å². The Kier molecular flexibility index (Phi) is 3.76. The van der Waals surface area contributed by atoms with E-state index in [2.05, 4.69) is 0 Å². The number of nitrogens with zero attached hydrogens (tertiary/aromatic N) is 1. The maximum absolute atomic E-state index is 12.5. The zero-order chi connectivity index (χ0) is 15.7. The molecule has 21 heavy (non-hydrogen) atoms. The summed E-state index contributed by atoms with van der Waals surface area (Å²) >= 11 is 0. The maximum atomic E-state index is 12.5. The molecule has 1 aromatic carbocycles. The average molecular weight is 285 g/mol. The first-order valence-electron chi connectivity index (χ1n) is 6.42. The molecule has 0 fully saturated rings. The van der Waals surface area contributed by atoms with Crippen LogP contribution in [0, 0.1) is 0 Å². The monoisotopic (exact) mass is 285 g/mol. The first-order chi connectivity index (χ1) is 9.86. The van der Waals surface area contributed by atoms with Crippen molar-refractivity contribution in [2.45, 2.75) is 20.8 Å². The summed E-state index contributed by atoms with van der Waals surface area (Å²) < 4.78 is 0. The van der Waals surface area contributed by atoms with Gasteiger partial charge in [-0.1, -0.05) is 18.2 Å². The smallest absolute Gasteiger partial charge is 0.331 e. The minimum atomic E-state index is -1.11. The van der Waals surface area contributed by atoms with Gasteiger partial charge in [-0.15, -0.1) is 0 Å². The Morgan fingerprint density at radius 1 is 1.05 bits per heavy atom. The number of amides is 2. The molecule has 0 atom stereocenters. The second-order valence-electron chi connectivity index (χ2n) is 4.84. The van der Waals surface area contributed by atoms with Gasteiger partial charge in [-0.25, -0.2) is 9.69 Å². The number of anilines is 1. The fourth-order valence-corrected chi connectivity index (χ4v) is 2.24. The molecule has 1 heterocycles. The molecule has 0 aliphatic carbocycles. The van der Waals surface area contributed by atoms with Crippen LogP contribution in [0.25, 0.3) is 0 Å². The number of aliphatic carboxylic acids is 1. The van der Waals surface area contributed by atoms with Crippen molar-refractivity contribution in [3.05, 3.63) is 52.6 Å². The van der Waals surface area contributed by atoms with E-state index in [1.807, 2.05) is 0 Å². The molecule has 0 bridgehead atoms. The highest BCUT2D eigenvalue weighted by atomic mass is 16.4. The molecule has 0 saturated heterocycles. The van der Waals surface area contributed by atoms with E-state index in [9.17, 15) is 14.4 Å². The number of carbonyl (C=O) groups excluding carboxylic acids is 2. The second kappa shape index (κ2) is 5.36. The van der Waals surface area contributed by atoms with E-state index >= 15 is 0 Å². The summed E-state index contributed by atoms with van der Waals surface area (Å²) in [6.45, 7) is 4.50. The van der Waals surface area contributed by atoms with Crippen LogP contribution in [0.2, 0.25) is 0 Å². The summed E-state index contributed by atoms with van der Waals surface area (Å²) in [6.07, 6.45) is 0. The Morgan fingerprint density at radius 2 is 1.62 bits per heavy atom. The third kappa shape index (κ3) is 2.38. The number of carbonyl (C=O) groups is 3. The normalized spacial score (nSPS) is 16.4. The Labute approximate surface area is 122 Å². The van der Waals surface area contributed by atoms with Gasteiger partial charge in [0, 0.05) is 11.1 Å². The van der Waals surface area contributed by atoms with Crippen LogP contribution in [0.5, 0.6) is 0 Å². The van der Waals surface area contributed by atoms with E-state index in [-0.39, 0.29) is 16.7 Å². The molecule has 1 aliphatic rings. The molecule has 5 heteroatoms. The van der Waals surface area contributed by atoms with Gasteiger partial charge in [0.15, 0.2) is 0 Å². The van der Waals surface area contributed by atoms with Crippen molar-refractivity contribution in [3.63, 3.8) is 0 Å². The summed E-state index contributed by atoms with van der Waals surface area (Å²) in [5.41, 5.74) is 1.28. The lowest BCUT2D eigenvalue weighted by molar-refractivity contribution is -0.132. The van der Waals surface area contributed by atoms with Gasteiger partial charge >= 0.3 is 5.97 Å². The van der Waals surface area contributed by atoms with Crippen LogP contribution in [-0.2, 0) is 14.4 Å². The van der Waals surface area contributed by atoms with Crippen molar-refractivity contribution < 1.29 is 19.5 Å². The van der Waals surface area contributed by atoms with Gasteiger partial charge in [-0.3, -0.25) is 9.59 Å². The molecule has 2 amide bonds. The van der Waals surface area contributed by atoms with E-state index in [0.29, 0.717) is 11.3 Å². The number of carboxylic acid groups (broad SMARTS) is 1. The van der Waals surface area contributed by atoms with Gasteiger partial charge in [-0.2, -0.15) is 0 Å². The van der Waals surface area contributed by atoms with Crippen molar-refractivity contribution >= 4 is 23.5 Å². The molecule has 5 nitrogen and oxygen atoms in total. The minimum absolute atomic E-state index is 0.0559. The van der Waals surface area contributed by atoms with Crippen LogP contribution in [-0.4, -0.2) is 22.9 Å². The Balaban J connectivity index is 2.52. The van der Waals surface area contributed by atoms with Crippen LogP contribution in [0.1, 0.15) is 20.8 Å². The third-order valence-electron chi connectivity index (χ3n) is 3.59. The first-order valence-corrected chi connectivity index (χ1v) is 6.42. The van der Waals surface area contributed by atoms with Crippen LogP contribution in [0.4, 0.5) is 5.69 Å². The topological polar surface area (TPSA) is 74.7 Å². The fraction of sp³-hybridized carbons (Fsp3) is 0.188. The Hall–Kier alpha value is -2.69. The number of rotatable bonds is 3. The molecule has 0 aromatic heterocycles. The van der Waals surface area contributed by atoms with E-state index in [0.717, 1.165) is 4.90 Å². The summed E-state index contributed by atoms with van der Waals surface area (Å²) in [5, 5.41) is 9.04. The number of benzene rings is 1. The Morgan fingerprint density at radius 3 is 2.14 bits per heavy atom. The molecular weight excluding hydrogens is 270 g/mol. The number of hydrogen-bond acceptors (Lipinski definition) is 3. The van der Waals surface area contributed by atoms with Gasteiger partial charge in [0.1, 0.15) is 0 Å². The minimum Gasteiger partial charge on any atom is -0.478 e. The van der Waals surface area contributed by atoms with Gasteiger partial charge in [0.05, 0.1) is 11.3 Å². The second-order valence-corrected chi connectivity index (χ2v) is 4.84. The van der Waals surface area contributed by atoms with Crippen molar-refractivity contribution in [3.8, 4) is 0 Å². The number of hydrogen-bond donors (Lipinski definition) is 1. The van der Waals surface area contributed by atoms with E-state index < -0.39 is 17.8 Å². The zero-order valence-corrected chi connectivity index (χ0v) is 12.0. The van der Waals surface area contributed by atoms with E-state index in [1.54, 1.807) is 37.3 Å². The van der Waals surface area contributed by atoms with Crippen LogP contribution in [0.15, 0.2) is 52.6 Å². The molecule has 1 N–H and O–H groups in total. The molecule has 0 spiro atoms. The largest absolute Gasteiger partial charge is 0.478 e. The summed E-state index contributed by atoms with van der Waals surface area (Å²) in [5.74, 6) is -2.01. The summed E-state index contributed by atoms with van der Waals surface area (Å²) in [4.78, 5) is 36.9. The van der Waals surface area contributed by atoms with Crippen molar-refractivity contribution in [2.75, 3.05) is 4.90 Å². The predicted molar refractivity (Wildman–Crippen MR) is 77.6 cm³/mol. The third-order valence-corrected chi connectivity index (χ3v) is 3.59. The number of carboxylic acids is 1. The lowest BCUT2D eigenvalue weighted by Gasteiger charge is -2.15. The van der Waals surface area contributed by atoms with Crippen LogP contribution >= 0.6 is 0 Å². The van der Waals surface area contributed by atoms with Gasteiger partial charge in [0.2, 0.25) is 0 Å². The standard InChI is InChI=1S/C16H15NO4/c1-9(10(2)16(20)21)13-11(3)14(18)17(15(13)19)12-7-5-4-6-8-12/h4-8H,1-3H3,(H,20,21). The SMILES string of the molecule is CC(C(=O)O)=C(C)C1=C(C)C(=O)N(c2ccccc2)C1=O. The van der Waals surface area contributed by atoms with E-state index in [1.165, 1.54) is 13.8 Å². The molecular formula is C16H15NO4. The zero-order valence-electron chi connectivity index (χ0n) is 12.0. The highest BCUT2D eigenvalue weighted by molar-refractivity contribution is 6.34. The molecule has 0 saturated carbocycles. The first kappa shape index (κ1) is 14.7. The summed E-state index contributed by atoms with van der Waals surface area (Å²) in [6, 6.07) is 8.57. The molecule has 0 unspecified atom stereocenters. The van der Waals surface area contributed by atoms with Crippen molar-refractivity contribution in [1.82, 2.24) is 0 Å².